The molecule has 1 aliphatic heterocycles. The molecule has 28 heavy (non-hydrogen) atoms. The zero-order valence-corrected chi connectivity index (χ0v) is 17.6. The maximum Gasteiger partial charge on any atom is 0.330 e. The molecule has 0 spiro atoms. The quantitative estimate of drug-likeness (QED) is 0.472. The molecule has 0 aromatic heterocycles. The highest BCUT2D eigenvalue weighted by Crippen LogP contribution is 2.19. The topological polar surface area (TPSA) is 84.5 Å². The van der Waals surface area contributed by atoms with Crippen LogP contribution in [0.3, 0.4) is 0 Å². The second-order valence-electron chi connectivity index (χ2n) is 6.58. The Kier molecular flexibility index (Phi) is 8.44. The molecule has 2 amide bonds. The Hall–Kier alpha value is -2.41. The third kappa shape index (κ3) is 6.96. The van der Waals surface area contributed by atoms with E-state index >= 15 is 0 Å². The molecule has 1 aromatic rings. The van der Waals surface area contributed by atoms with Crippen molar-refractivity contribution in [2.24, 2.45) is 5.92 Å². The van der Waals surface area contributed by atoms with Crippen molar-refractivity contribution in [1.82, 2.24) is 10.6 Å². The molecule has 1 saturated heterocycles. The third-order valence-corrected chi connectivity index (χ3v) is 5.26. The van der Waals surface area contributed by atoms with Gasteiger partial charge in [-0.25, -0.2) is 4.79 Å². The minimum absolute atomic E-state index is 0.0242. The third-order valence-electron chi connectivity index (χ3n) is 4.40. The smallest absolute Gasteiger partial charge is 0.330 e. The van der Waals surface area contributed by atoms with Gasteiger partial charge in [-0.05, 0) is 50.0 Å². The number of hydrogen-bond acceptors (Lipinski definition) is 4. The summed E-state index contributed by atoms with van der Waals surface area (Å²) >= 11 is 3.47. The zero-order chi connectivity index (χ0) is 20.5. The standard InChI is InChI=1S/C21H25BrN2O4/c1-3-28-20(26)9-7-17(13-16-10-11-23-21(16)27)24-19(25)8-6-15-5-4-14(2)18(22)12-15/h4-9,12,16-17H,3,10-11,13H2,1-2H3,(H,23,27)(H,24,25)/b8-6+,9-7+/t16-,17+/m0/s1. The molecule has 2 rings (SSSR count). The fourth-order valence-corrected chi connectivity index (χ4v) is 3.26. The van der Waals surface area contributed by atoms with Crippen molar-refractivity contribution in [1.29, 1.82) is 0 Å². The molecule has 0 saturated carbocycles. The van der Waals surface area contributed by atoms with E-state index in [0.717, 1.165) is 15.6 Å². The van der Waals surface area contributed by atoms with E-state index in [9.17, 15) is 14.4 Å². The number of amides is 2. The molecule has 2 atom stereocenters. The number of benzene rings is 1. The minimum atomic E-state index is -0.474. The lowest BCUT2D eigenvalue weighted by Gasteiger charge is -2.17. The van der Waals surface area contributed by atoms with Crippen LogP contribution in [0.25, 0.3) is 6.08 Å². The second-order valence-corrected chi connectivity index (χ2v) is 7.43. The number of nitrogens with one attached hydrogen (secondary N) is 2. The van der Waals surface area contributed by atoms with Gasteiger partial charge in [0.15, 0.2) is 0 Å². The monoisotopic (exact) mass is 448 g/mol. The molecule has 1 aromatic carbocycles. The number of esters is 1. The minimum Gasteiger partial charge on any atom is -0.463 e. The molecule has 0 aliphatic carbocycles. The summed E-state index contributed by atoms with van der Waals surface area (Å²) in [5.41, 5.74) is 2.00. The van der Waals surface area contributed by atoms with Crippen LogP contribution in [0, 0.1) is 12.8 Å². The van der Waals surface area contributed by atoms with Gasteiger partial charge in [0.1, 0.15) is 0 Å². The van der Waals surface area contributed by atoms with Crippen LogP contribution in [0.1, 0.15) is 30.9 Å². The van der Waals surface area contributed by atoms with E-state index in [-0.39, 0.29) is 24.3 Å². The molecule has 1 aliphatic rings. The van der Waals surface area contributed by atoms with E-state index in [1.54, 1.807) is 19.1 Å². The average Bonchev–Trinajstić information content (AvgIpc) is 3.05. The first-order valence-electron chi connectivity index (χ1n) is 9.26. The number of aryl methyl sites for hydroxylation is 1. The summed E-state index contributed by atoms with van der Waals surface area (Å²) in [6.07, 6.45) is 7.17. The molecule has 7 heteroatoms. The first-order valence-corrected chi connectivity index (χ1v) is 10.1. The van der Waals surface area contributed by atoms with Crippen molar-refractivity contribution >= 4 is 39.8 Å². The summed E-state index contributed by atoms with van der Waals surface area (Å²) in [7, 11) is 0. The maximum absolute atomic E-state index is 12.3. The Balaban J connectivity index is 2.03. The molecule has 1 fully saturated rings. The van der Waals surface area contributed by atoms with Crippen molar-refractivity contribution in [2.45, 2.75) is 32.7 Å². The molecule has 150 valence electrons. The SMILES string of the molecule is CCOC(=O)/C=C/[C@H](C[C@@H]1CCNC1=O)NC(=O)/C=C/c1ccc(C)c(Br)c1. The highest BCUT2D eigenvalue weighted by atomic mass is 79.9. The molecule has 0 bridgehead atoms. The van der Waals surface area contributed by atoms with Gasteiger partial charge < -0.3 is 15.4 Å². The highest BCUT2D eigenvalue weighted by molar-refractivity contribution is 9.10. The van der Waals surface area contributed by atoms with Gasteiger partial charge in [-0.1, -0.05) is 34.1 Å². The van der Waals surface area contributed by atoms with E-state index in [1.807, 2.05) is 25.1 Å². The summed E-state index contributed by atoms with van der Waals surface area (Å²) in [5.74, 6) is -0.982. The summed E-state index contributed by atoms with van der Waals surface area (Å²) < 4.78 is 5.85. The van der Waals surface area contributed by atoms with Gasteiger partial charge in [-0.3, -0.25) is 9.59 Å². The first-order chi connectivity index (χ1) is 13.4. The number of rotatable bonds is 8. The van der Waals surface area contributed by atoms with Crippen molar-refractivity contribution in [3.05, 3.63) is 52.0 Å². The van der Waals surface area contributed by atoms with Crippen LogP contribution < -0.4 is 10.6 Å². The summed E-state index contributed by atoms with van der Waals surface area (Å²) in [4.78, 5) is 35.8. The number of ether oxygens (including phenoxy) is 1. The molecule has 0 radical (unpaired) electrons. The Labute approximate surface area is 173 Å². The summed E-state index contributed by atoms with van der Waals surface area (Å²) in [6, 6.07) is 5.37. The van der Waals surface area contributed by atoms with E-state index in [4.69, 9.17) is 4.74 Å². The summed E-state index contributed by atoms with van der Waals surface area (Å²) in [5, 5.41) is 5.63. The Morgan fingerprint density at radius 3 is 2.82 bits per heavy atom. The Morgan fingerprint density at radius 2 is 2.18 bits per heavy atom. The molecular weight excluding hydrogens is 424 g/mol. The molecule has 1 heterocycles. The van der Waals surface area contributed by atoms with Crippen LogP contribution >= 0.6 is 15.9 Å². The number of carbonyl (C=O) groups excluding carboxylic acids is 3. The lowest BCUT2D eigenvalue weighted by molar-refractivity contribution is -0.137. The van der Waals surface area contributed by atoms with Gasteiger partial charge in [0.25, 0.3) is 0 Å². The fraction of sp³-hybridized carbons (Fsp3) is 0.381. The van der Waals surface area contributed by atoms with Crippen LogP contribution in [0.2, 0.25) is 0 Å². The number of hydrogen-bond donors (Lipinski definition) is 2. The van der Waals surface area contributed by atoms with Gasteiger partial charge in [-0.2, -0.15) is 0 Å². The van der Waals surface area contributed by atoms with Crippen LogP contribution in [-0.4, -0.2) is 37.0 Å². The predicted octanol–water partition coefficient (Wildman–Crippen LogP) is 2.90. The summed E-state index contributed by atoms with van der Waals surface area (Å²) in [6.45, 7) is 4.63. The van der Waals surface area contributed by atoms with E-state index in [2.05, 4.69) is 26.6 Å². The normalized spacial score (nSPS) is 17.7. The van der Waals surface area contributed by atoms with Gasteiger partial charge in [0.2, 0.25) is 11.8 Å². The van der Waals surface area contributed by atoms with Crippen molar-refractivity contribution in [3.8, 4) is 0 Å². The second kappa shape index (κ2) is 10.8. The van der Waals surface area contributed by atoms with Gasteiger partial charge in [0.05, 0.1) is 6.61 Å². The van der Waals surface area contributed by atoms with Crippen LogP contribution in [0.5, 0.6) is 0 Å². The Morgan fingerprint density at radius 1 is 1.39 bits per heavy atom. The molecule has 0 unspecified atom stereocenters. The van der Waals surface area contributed by atoms with Crippen molar-refractivity contribution in [3.63, 3.8) is 0 Å². The van der Waals surface area contributed by atoms with Gasteiger partial charge >= 0.3 is 5.97 Å². The van der Waals surface area contributed by atoms with Gasteiger partial charge in [0, 0.05) is 35.1 Å². The van der Waals surface area contributed by atoms with E-state index in [1.165, 1.54) is 12.2 Å². The predicted molar refractivity (Wildman–Crippen MR) is 111 cm³/mol. The van der Waals surface area contributed by atoms with Crippen molar-refractivity contribution in [2.75, 3.05) is 13.2 Å². The largest absolute Gasteiger partial charge is 0.463 e. The lowest BCUT2D eigenvalue weighted by Crippen LogP contribution is -2.35. The van der Waals surface area contributed by atoms with Crippen molar-refractivity contribution < 1.29 is 19.1 Å². The van der Waals surface area contributed by atoms with Gasteiger partial charge in [-0.15, -0.1) is 0 Å². The zero-order valence-electron chi connectivity index (χ0n) is 16.0. The highest BCUT2D eigenvalue weighted by Gasteiger charge is 2.26. The maximum atomic E-state index is 12.3. The number of carbonyl (C=O) groups is 3. The molecule has 6 nitrogen and oxygen atoms in total. The fourth-order valence-electron chi connectivity index (χ4n) is 2.86. The molecular formula is C21H25BrN2O4. The van der Waals surface area contributed by atoms with Crippen LogP contribution in [0.4, 0.5) is 0 Å². The average molecular weight is 449 g/mol. The van der Waals surface area contributed by atoms with Crippen LogP contribution in [-0.2, 0) is 19.1 Å². The van der Waals surface area contributed by atoms with Crippen LogP contribution in [0.15, 0.2) is 40.9 Å². The van der Waals surface area contributed by atoms with E-state index in [0.29, 0.717) is 19.4 Å². The lowest BCUT2D eigenvalue weighted by atomic mass is 9.98. The molecule has 2 N–H and O–H groups in total. The first kappa shape index (κ1) is 21.9. The van der Waals surface area contributed by atoms with E-state index < -0.39 is 12.0 Å². The number of halogens is 1. The Bertz CT molecular complexity index is 789.